The van der Waals surface area contributed by atoms with Crippen molar-refractivity contribution in [3.05, 3.63) is 74.6 Å². The van der Waals surface area contributed by atoms with E-state index >= 15 is 0 Å². The number of esters is 1. The van der Waals surface area contributed by atoms with E-state index < -0.39 is 18.4 Å². The van der Waals surface area contributed by atoms with Crippen LogP contribution in [0.2, 0.25) is 10.0 Å². The van der Waals surface area contributed by atoms with Crippen LogP contribution in [0.25, 0.3) is 0 Å². The van der Waals surface area contributed by atoms with E-state index in [0.29, 0.717) is 22.3 Å². The van der Waals surface area contributed by atoms with Gasteiger partial charge < -0.3 is 18.7 Å². The second-order valence-corrected chi connectivity index (χ2v) is 7.42. The third-order valence-electron chi connectivity index (χ3n) is 4.52. The summed E-state index contributed by atoms with van der Waals surface area (Å²) in [5.41, 5.74) is 2.00. The van der Waals surface area contributed by atoms with Crippen molar-refractivity contribution in [2.45, 2.75) is 20.5 Å². The number of aromatic nitrogens is 1. The summed E-state index contributed by atoms with van der Waals surface area (Å²) in [6, 6.07) is 9.05. The molecule has 162 valence electrons. The third-order valence-corrected chi connectivity index (χ3v) is 5.07. The van der Waals surface area contributed by atoms with Crippen molar-refractivity contribution >= 4 is 35.0 Å². The Morgan fingerprint density at radius 2 is 1.84 bits per heavy atom. The van der Waals surface area contributed by atoms with Gasteiger partial charge in [0.1, 0.15) is 12.4 Å². The van der Waals surface area contributed by atoms with Gasteiger partial charge in [-0.15, -0.1) is 0 Å². The fourth-order valence-corrected chi connectivity index (χ4v) is 3.29. The number of hydrogen-bond acceptors (Lipinski definition) is 7. The lowest BCUT2D eigenvalue weighted by Gasteiger charge is -2.12. The van der Waals surface area contributed by atoms with Gasteiger partial charge in [-0.25, -0.2) is 4.79 Å². The smallest absolute Gasteiger partial charge is 0.338 e. The SMILES string of the molecule is COc1cc(C(=O)OCC(=O)c2ccc(Cl)cc2Cl)ccc1OCc1c(C)noc1C. The second-order valence-electron chi connectivity index (χ2n) is 6.58. The van der Waals surface area contributed by atoms with E-state index in [9.17, 15) is 9.59 Å². The molecule has 0 spiro atoms. The van der Waals surface area contributed by atoms with Crippen LogP contribution in [0.1, 0.15) is 37.7 Å². The van der Waals surface area contributed by atoms with E-state index in [2.05, 4.69) is 5.16 Å². The highest BCUT2D eigenvalue weighted by atomic mass is 35.5. The first-order chi connectivity index (χ1) is 14.8. The molecule has 9 heteroatoms. The maximum absolute atomic E-state index is 12.4. The van der Waals surface area contributed by atoms with E-state index in [1.54, 1.807) is 13.0 Å². The van der Waals surface area contributed by atoms with Gasteiger partial charge >= 0.3 is 5.97 Å². The van der Waals surface area contributed by atoms with Crippen LogP contribution in [0.15, 0.2) is 40.9 Å². The molecule has 0 aliphatic carbocycles. The first kappa shape index (κ1) is 22.7. The normalized spacial score (nSPS) is 10.6. The van der Waals surface area contributed by atoms with E-state index in [0.717, 1.165) is 11.3 Å². The van der Waals surface area contributed by atoms with Gasteiger partial charge in [-0.05, 0) is 50.2 Å². The molecule has 0 radical (unpaired) electrons. The summed E-state index contributed by atoms with van der Waals surface area (Å²) in [5.74, 6) is 0.314. The zero-order valence-corrected chi connectivity index (χ0v) is 18.5. The first-order valence-electron chi connectivity index (χ1n) is 9.18. The fraction of sp³-hybridized carbons (Fsp3) is 0.227. The minimum atomic E-state index is -0.686. The summed E-state index contributed by atoms with van der Waals surface area (Å²) >= 11 is 11.8. The summed E-state index contributed by atoms with van der Waals surface area (Å²) in [6.45, 7) is 3.39. The molecule has 3 aromatic rings. The number of methoxy groups -OCH3 is 1. The molecule has 0 saturated carbocycles. The van der Waals surface area contributed by atoms with Crippen molar-refractivity contribution in [3.8, 4) is 11.5 Å². The predicted octanol–water partition coefficient (Wildman–Crippen LogP) is 5.23. The van der Waals surface area contributed by atoms with Crippen molar-refractivity contribution in [1.29, 1.82) is 0 Å². The van der Waals surface area contributed by atoms with E-state index in [4.69, 9.17) is 41.9 Å². The molecule has 2 aromatic carbocycles. The number of benzene rings is 2. The number of Topliss-reactive ketones (excluding diaryl/α,β-unsaturated/α-hetero) is 1. The summed E-state index contributed by atoms with van der Waals surface area (Å²) in [4.78, 5) is 24.7. The standard InChI is InChI=1S/C22H19Cl2NO6/c1-12-17(13(2)31-25-12)10-29-20-7-4-14(8-21(20)28-3)22(27)30-11-19(26)16-6-5-15(23)9-18(16)24/h4-9H,10-11H2,1-3H3. The van der Waals surface area contributed by atoms with Crippen LogP contribution < -0.4 is 9.47 Å². The molecule has 0 bridgehead atoms. The Labute approximate surface area is 188 Å². The van der Waals surface area contributed by atoms with Gasteiger partial charge in [0.05, 0.1) is 29.0 Å². The van der Waals surface area contributed by atoms with Crippen molar-refractivity contribution in [2.75, 3.05) is 13.7 Å². The minimum Gasteiger partial charge on any atom is -0.493 e. The van der Waals surface area contributed by atoms with E-state index in [1.165, 1.54) is 37.4 Å². The number of carbonyl (C=O) groups is 2. The van der Waals surface area contributed by atoms with Gasteiger partial charge in [0.2, 0.25) is 5.78 Å². The highest BCUT2D eigenvalue weighted by molar-refractivity contribution is 6.36. The quantitative estimate of drug-likeness (QED) is 0.333. The Kier molecular flexibility index (Phi) is 7.20. The molecule has 0 fully saturated rings. The monoisotopic (exact) mass is 463 g/mol. The average Bonchev–Trinajstić information content (AvgIpc) is 3.07. The number of halogens is 2. The van der Waals surface area contributed by atoms with Crippen LogP contribution in [0, 0.1) is 13.8 Å². The van der Waals surface area contributed by atoms with Gasteiger partial charge in [-0.2, -0.15) is 0 Å². The number of carbonyl (C=O) groups excluding carboxylic acids is 2. The van der Waals surface area contributed by atoms with Crippen LogP contribution in [0.5, 0.6) is 11.5 Å². The third kappa shape index (κ3) is 5.37. The zero-order valence-electron chi connectivity index (χ0n) is 17.0. The topological polar surface area (TPSA) is 87.9 Å². The summed E-state index contributed by atoms with van der Waals surface area (Å²) in [6.07, 6.45) is 0. The minimum absolute atomic E-state index is 0.190. The molecule has 31 heavy (non-hydrogen) atoms. The largest absolute Gasteiger partial charge is 0.493 e. The predicted molar refractivity (Wildman–Crippen MR) is 114 cm³/mol. The number of ketones is 1. The highest BCUT2D eigenvalue weighted by Gasteiger charge is 2.17. The summed E-state index contributed by atoms with van der Waals surface area (Å²) < 4.78 is 21.4. The second kappa shape index (κ2) is 9.85. The molecule has 7 nitrogen and oxygen atoms in total. The Bertz CT molecular complexity index is 1110. The number of hydrogen-bond donors (Lipinski definition) is 0. The first-order valence-corrected chi connectivity index (χ1v) is 9.93. The zero-order chi connectivity index (χ0) is 22.5. The van der Waals surface area contributed by atoms with Gasteiger partial charge in [-0.3, -0.25) is 4.79 Å². The molecular formula is C22H19Cl2NO6. The molecule has 1 aromatic heterocycles. The molecule has 0 atom stereocenters. The van der Waals surface area contributed by atoms with Crippen LogP contribution in [0.4, 0.5) is 0 Å². The number of ether oxygens (including phenoxy) is 3. The summed E-state index contributed by atoms with van der Waals surface area (Å²) in [7, 11) is 1.46. The number of rotatable bonds is 8. The Hall–Kier alpha value is -3.03. The van der Waals surface area contributed by atoms with Gasteiger partial charge in [0, 0.05) is 10.6 Å². The lowest BCUT2D eigenvalue weighted by molar-refractivity contribution is 0.0474. The summed E-state index contributed by atoms with van der Waals surface area (Å²) in [5, 5.41) is 4.48. The molecular weight excluding hydrogens is 445 g/mol. The van der Waals surface area contributed by atoms with Crippen LogP contribution in [-0.4, -0.2) is 30.6 Å². The van der Waals surface area contributed by atoms with Crippen molar-refractivity contribution < 1.29 is 28.3 Å². The van der Waals surface area contributed by atoms with Crippen molar-refractivity contribution in [2.24, 2.45) is 0 Å². The van der Waals surface area contributed by atoms with Crippen molar-refractivity contribution in [1.82, 2.24) is 5.16 Å². The average molecular weight is 464 g/mol. The lowest BCUT2D eigenvalue weighted by Crippen LogP contribution is -2.14. The Morgan fingerprint density at radius 1 is 1.06 bits per heavy atom. The molecule has 0 aliphatic heterocycles. The fourth-order valence-electron chi connectivity index (χ4n) is 2.78. The lowest BCUT2D eigenvalue weighted by atomic mass is 10.1. The van der Waals surface area contributed by atoms with Crippen LogP contribution >= 0.6 is 23.2 Å². The highest BCUT2D eigenvalue weighted by Crippen LogP contribution is 2.30. The molecule has 1 heterocycles. The van der Waals surface area contributed by atoms with E-state index in [-0.39, 0.29) is 22.8 Å². The van der Waals surface area contributed by atoms with Crippen molar-refractivity contribution in [3.63, 3.8) is 0 Å². The maximum Gasteiger partial charge on any atom is 0.338 e. The molecule has 3 rings (SSSR count). The molecule has 0 unspecified atom stereocenters. The van der Waals surface area contributed by atoms with Gasteiger partial charge in [0.25, 0.3) is 0 Å². The molecule has 0 amide bonds. The molecule has 0 saturated heterocycles. The van der Waals surface area contributed by atoms with E-state index in [1.807, 2.05) is 6.92 Å². The Morgan fingerprint density at radius 3 is 2.48 bits per heavy atom. The molecule has 0 aliphatic rings. The molecule has 0 N–H and O–H groups in total. The Balaban J connectivity index is 1.65. The number of nitrogens with zero attached hydrogens (tertiary/aromatic N) is 1. The number of aryl methyl sites for hydroxylation is 2. The van der Waals surface area contributed by atoms with Crippen LogP contribution in [0.3, 0.4) is 0 Å². The van der Waals surface area contributed by atoms with Gasteiger partial charge in [0.15, 0.2) is 18.1 Å². The van der Waals surface area contributed by atoms with Gasteiger partial charge in [-0.1, -0.05) is 28.4 Å². The maximum atomic E-state index is 12.4. The van der Waals surface area contributed by atoms with Crippen LogP contribution in [-0.2, 0) is 11.3 Å².